The van der Waals surface area contributed by atoms with Gasteiger partial charge >= 0.3 is 0 Å². The van der Waals surface area contributed by atoms with E-state index in [4.69, 9.17) is 4.42 Å². The molecule has 4 bridgehead atoms. The van der Waals surface area contributed by atoms with E-state index in [1.165, 1.54) is 87.9 Å². The Balaban J connectivity index is 1.11. The van der Waals surface area contributed by atoms with Crippen molar-refractivity contribution in [1.82, 2.24) is 0 Å². The second kappa shape index (κ2) is 9.22. The minimum absolute atomic E-state index is 0.412. The van der Waals surface area contributed by atoms with Gasteiger partial charge in [0.15, 0.2) is 0 Å². The van der Waals surface area contributed by atoms with Crippen molar-refractivity contribution in [3.05, 3.63) is 127 Å². The molecule has 4 aliphatic carbocycles. The van der Waals surface area contributed by atoms with Gasteiger partial charge < -0.3 is 9.32 Å². The third kappa shape index (κ3) is 3.73. The number of hydrogen-bond acceptors (Lipinski definition) is 2. The molecule has 7 aromatic rings. The molecule has 1 heterocycles. The number of para-hydroxylation sites is 2. The summed E-state index contributed by atoms with van der Waals surface area (Å²) in [6.07, 6.45) is 8.65. The molecule has 0 unspecified atom stereocenters. The van der Waals surface area contributed by atoms with Crippen LogP contribution in [0.2, 0.25) is 0 Å². The van der Waals surface area contributed by atoms with Crippen molar-refractivity contribution in [2.24, 2.45) is 17.8 Å². The molecular weight excluding hydrogens is 534 g/mol. The van der Waals surface area contributed by atoms with Crippen molar-refractivity contribution in [2.75, 3.05) is 4.90 Å². The van der Waals surface area contributed by atoms with Crippen molar-refractivity contribution in [3.8, 4) is 0 Å². The maximum atomic E-state index is 6.23. The van der Waals surface area contributed by atoms with Gasteiger partial charge in [-0.05, 0) is 143 Å². The molecule has 2 nitrogen and oxygen atoms in total. The predicted octanol–water partition coefficient (Wildman–Crippen LogP) is 11.8. The van der Waals surface area contributed by atoms with Crippen molar-refractivity contribution >= 4 is 60.5 Å². The Morgan fingerprint density at radius 2 is 1.09 bits per heavy atom. The highest BCUT2D eigenvalue weighted by Gasteiger charge is 2.51. The Morgan fingerprint density at radius 3 is 1.86 bits per heavy atom. The van der Waals surface area contributed by atoms with Gasteiger partial charge in [0.05, 0.1) is 0 Å². The van der Waals surface area contributed by atoms with Crippen molar-refractivity contribution in [3.63, 3.8) is 0 Å². The summed E-state index contributed by atoms with van der Waals surface area (Å²) in [7, 11) is 0. The van der Waals surface area contributed by atoms with E-state index >= 15 is 0 Å². The van der Waals surface area contributed by atoms with Crippen LogP contribution in [-0.2, 0) is 5.41 Å². The average molecular weight is 570 g/mol. The van der Waals surface area contributed by atoms with Crippen LogP contribution in [0.4, 0.5) is 17.1 Å². The quantitative estimate of drug-likeness (QED) is 0.196. The zero-order valence-electron chi connectivity index (χ0n) is 24.9. The maximum absolute atomic E-state index is 6.23. The smallest absolute Gasteiger partial charge is 0.136 e. The molecule has 0 saturated heterocycles. The van der Waals surface area contributed by atoms with Gasteiger partial charge in [0.2, 0.25) is 0 Å². The second-order valence-electron chi connectivity index (χ2n) is 14.1. The first kappa shape index (κ1) is 24.8. The Bertz CT molecular complexity index is 2170. The van der Waals surface area contributed by atoms with Crippen LogP contribution >= 0.6 is 0 Å². The molecule has 0 radical (unpaired) electrons. The van der Waals surface area contributed by atoms with Crippen LogP contribution in [0.25, 0.3) is 43.5 Å². The molecule has 214 valence electrons. The monoisotopic (exact) mass is 569 g/mol. The van der Waals surface area contributed by atoms with Gasteiger partial charge in [-0.3, -0.25) is 0 Å². The molecular formula is C42H35NO. The highest BCUT2D eigenvalue weighted by molar-refractivity contribution is 6.16. The number of hydrogen-bond donors (Lipinski definition) is 0. The summed E-state index contributed by atoms with van der Waals surface area (Å²) < 4.78 is 6.23. The first-order valence-electron chi connectivity index (χ1n) is 16.4. The van der Waals surface area contributed by atoms with Crippen LogP contribution in [0.3, 0.4) is 0 Å². The molecule has 11 rings (SSSR count). The zero-order valence-corrected chi connectivity index (χ0v) is 24.9. The lowest BCUT2D eigenvalue weighted by Crippen LogP contribution is -2.48. The van der Waals surface area contributed by atoms with Gasteiger partial charge in [0.1, 0.15) is 11.2 Å². The lowest BCUT2D eigenvalue weighted by molar-refractivity contribution is -0.00518. The lowest BCUT2D eigenvalue weighted by Gasteiger charge is -2.57. The Hall–Kier alpha value is -4.56. The largest absolute Gasteiger partial charge is 0.456 e. The van der Waals surface area contributed by atoms with Crippen molar-refractivity contribution in [1.29, 1.82) is 0 Å². The van der Waals surface area contributed by atoms with Gasteiger partial charge in [-0.2, -0.15) is 0 Å². The number of furan rings is 1. The molecule has 1 aromatic heterocycles. The Labute approximate surface area is 257 Å². The van der Waals surface area contributed by atoms with Crippen molar-refractivity contribution in [2.45, 2.75) is 43.9 Å². The normalized spacial score (nSPS) is 24.1. The van der Waals surface area contributed by atoms with E-state index < -0.39 is 0 Å². The van der Waals surface area contributed by atoms with Gasteiger partial charge in [-0.15, -0.1) is 0 Å². The first-order chi connectivity index (χ1) is 21.7. The molecule has 0 spiro atoms. The van der Waals surface area contributed by atoms with Crippen LogP contribution in [0, 0.1) is 17.8 Å². The SMILES string of the molecule is c1ccc(N(c2ccc(C34CC5CC(CC(C5)C3)C4)cc2)c2ccc3ccc4cc5oc6ccccc6c5cc4c3c2)cc1. The molecule has 0 atom stereocenters. The second-order valence-corrected chi connectivity index (χ2v) is 14.1. The highest BCUT2D eigenvalue weighted by Crippen LogP contribution is 2.60. The van der Waals surface area contributed by atoms with Gasteiger partial charge in [0, 0.05) is 27.8 Å². The summed E-state index contributed by atoms with van der Waals surface area (Å²) in [6.45, 7) is 0. The summed E-state index contributed by atoms with van der Waals surface area (Å²) in [4.78, 5) is 2.42. The predicted molar refractivity (Wildman–Crippen MR) is 183 cm³/mol. The number of benzene rings is 6. The maximum Gasteiger partial charge on any atom is 0.136 e. The average Bonchev–Trinajstić information content (AvgIpc) is 3.41. The minimum atomic E-state index is 0.412. The summed E-state index contributed by atoms with van der Waals surface area (Å²) in [6, 6.07) is 44.8. The van der Waals surface area contributed by atoms with Crippen LogP contribution in [-0.4, -0.2) is 0 Å². The topological polar surface area (TPSA) is 16.4 Å². The lowest BCUT2D eigenvalue weighted by atomic mass is 9.48. The number of anilines is 3. The molecule has 0 aliphatic heterocycles. The fourth-order valence-electron chi connectivity index (χ4n) is 9.85. The summed E-state index contributed by atoms with van der Waals surface area (Å²) >= 11 is 0. The van der Waals surface area contributed by atoms with Crippen LogP contribution in [0.1, 0.15) is 44.1 Å². The fourth-order valence-corrected chi connectivity index (χ4v) is 9.85. The highest BCUT2D eigenvalue weighted by atomic mass is 16.3. The molecule has 0 amide bonds. The summed E-state index contributed by atoms with van der Waals surface area (Å²) in [5.41, 5.74) is 7.44. The fraction of sp³-hybridized carbons (Fsp3) is 0.238. The molecule has 0 N–H and O–H groups in total. The summed E-state index contributed by atoms with van der Waals surface area (Å²) in [5, 5.41) is 7.31. The summed E-state index contributed by atoms with van der Waals surface area (Å²) in [5.74, 6) is 2.86. The molecule has 4 fully saturated rings. The number of nitrogens with zero attached hydrogens (tertiary/aromatic N) is 1. The van der Waals surface area contributed by atoms with E-state index in [0.29, 0.717) is 5.41 Å². The number of fused-ring (bicyclic) bond motifs is 6. The van der Waals surface area contributed by atoms with E-state index in [1.807, 2.05) is 6.07 Å². The molecule has 44 heavy (non-hydrogen) atoms. The first-order valence-corrected chi connectivity index (χ1v) is 16.4. The third-order valence-corrected chi connectivity index (χ3v) is 11.4. The molecule has 4 aliphatic rings. The van der Waals surface area contributed by atoms with Crippen molar-refractivity contribution < 1.29 is 4.42 Å². The van der Waals surface area contributed by atoms with Crippen LogP contribution < -0.4 is 4.90 Å². The van der Waals surface area contributed by atoms with E-state index in [9.17, 15) is 0 Å². The standard InChI is InChI=1S/C42H35NO/c1-2-6-33(7-3-1)43(34-16-13-32(14-17-34)42-24-27-18-28(25-42)20-29(19-27)26-42)35-15-12-30-10-11-31-21-41-39(23-38(31)37(30)22-35)36-8-4-5-9-40(36)44-41/h1-17,21-23,27-29H,18-20,24-26H2. The van der Waals surface area contributed by atoms with Crippen LogP contribution in [0.5, 0.6) is 0 Å². The molecule has 2 heteroatoms. The Morgan fingerprint density at radius 1 is 0.477 bits per heavy atom. The van der Waals surface area contributed by atoms with Gasteiger partial charge in [-0.1, -0.05) is 66.7 Å². The minimum Gasteiger partial charge on any atom is -0.456 e. The molecule has 6 aromatic carbocycles. The molecule has 4 saturated carbocycles. The van der Waals surface area contributed by atoms with Crippen LogP contribution in [0.15, 0.2) is 126 Å². The van der Waals surface area contributed by atoms with Gasteiger partial charge in [0.25, 0.3) is 0 Å². The number of rotatable bonds is 4. The van der Waals surface area contributed by atoms with E-state index in [2.05, 4.69) is 120 Å². The van der Waals surface area contributed by atoms with E-state index in [1.54, 1.807) is 5.56 Å². The van der Waals surface area contributed by atoms with E-state index in [0.717, 1.165) is 28.9 Å². The van der Waals surface area contributed by atoms with Gasteiger partial charge in [-0.25, -0.2) is 0 Å². The zero-order chi connectivity index (χ0) is 28.8. The third-order valence-electron chi connectivity index (χ3n) is 11.4. The van der Waals surface area contributed by atoms with E-state index in [-0.39, 0.29) is 0 Å². The Kier molecular flexibility index (Phi) is 5.21.